The van der Waals surface area contributed by atoms with E-state index in [1.54, 1.807) is 50.1 Å². The third-order valence-corrected chi connectivity index (χ3v) is 9.87. The second-order valence-corrected chi connectivity index (χ2v) is 13.7. The summed E-state index contributed by atoms with van der Waals surface area (Å²) in [6.07, 6.45) is 4.80. The number of hydrogen-bond donors (Lipinski definition) is 3. The quantitative estimate of drug-likeness (QED) is 0.197. The first-order valence-electron chi connectivity index (χ1n) is 16.0. The second-order valence-electron chi connectivity index (χ2n) is 13.0. The molecule has 12 nitrogen and oxygen atoms in total. The topological polar surface area (TPSA) is 139 Å². The monoisotopic (exact) mass is 702 g/mol. The van der Waals surface area contributed by atoms with Gasteiger partial charge in [-0.15, -0.1) is 0 Å². The van der Waals surface area contributed by atoms with E-state index in [1.807, 2.05) is 35.2 Å². The van der Waals surface area contributed by atoms with Crippen LogP contribution in [0, 0.1) is 0 Å². The number of carbonyl (C=O) groups is 1. The number of fused-ring (bicyclic) bond motifs is 1. The lowest BCUT2D eigenvalue weighted by Gasteiger charge is -2.44. The number of nitrogens with one attached hydrogen (secondary N) is 2. The first-order chi connectivity index (χ1) is 23.5. The van der Waals surface area contributed by atoms with Gasteiger partial charge in [0.1, 0.15) is 11.3 Å². The van der Waals surface area contributed by atoms with E-state index in [1.165, 1.54) is 4.57 Å². The summed E-state index contributed by atoms with van der Waals surface area (Å²) >= 11 is 14.1. The van der Waals surface area contributed by atoms with Gasteiger partial charge >= 0.3 is 0 Å². The molecule has 2 saturated heterocycles. The van der Waals surface area contributed by atoms with E-state index in [4.69, 9.17) is 38.0 Å². The van der Waals surface area contributed by atoms with Crippen LogP contribution in [0.4, 0.5) is 0 Å². The van der Waals surface area contributed by atoms with E-state index < -0.39 is 5.60 Å². The first-order valence-corrected chi connectivity index (χ1v) is 16.8. The van der Waals surface area contributed by atoms with Crippen molar-refractivity contribution in [2.45, 2.75) is 44.5 Å². The Balaban J connectivity index is 1.16. The zero-order valence-electron chi connectivity index (χ0n) is 27.3. The van der Waals surface area contributed by atoms with Gasteiger partial charge < -0.3 is 20.5 Å². The highest BCUT2D eigenvalue weighted by Crippen LogP contribution is 2.41. The van der Waals surface area contributed by atoms with Gasteiger partial charge in [0.25, 0.3) is 5.56 Å². The number of nitrogens with zero attached hydrogens (tertiary/aromatic N) is 6. The number of halogens is 2. The van der Waals surface area contributed by atoms with E-state index in [9.17, 15) is 14.7 Å². The molecule has 0 radical (unpaired) electrons. The molecule has 6 heterocycles. The van der Waals surface area contributed by atoms with Crippen molar-refractivity contribution in [2.75, 3.05) is 26.7 Å². The van der Waals surface area contributed by atoms with Gasteiger partial charge in [0.05, 0.1) is 40.7 Å². The van der Waals surface area contributed by atoms with Gasteiger partial charge in [-0.3, -0.25) is 24.0 Å². The lowest BCUT2D eigenvalue weighted by atomic mass is 9.97. The molecular weight excluding hydrogens is 667 g/mol. The van der Waals surface area contributed by atoms with E-state index >= 15 is 0 Å². The third-order valence-electron chi connectivity index (χ3n) is 9.08. The van der Waals surface area contributed by atoms with E-state index in [0.717, 1.165) is 12.0 Å². The van der Waals surface area contributed by atoms with Crippen molar-refractivity contribution >= 4 is 34.6 Å². The van der Waals surface area contributed by atoms with Crippen LogP contribution < -0.4 is 20.9 Å². The minimum Gasteiger partial charge on any atom is -0.481 e. The molecular formula is C35H36Cl2N8O4. The standard InChI is InChI=1S/C35H36Cl2N8O4/c1-35(48)18-44(19-35)17-28-42-45-16-21(13-27(45)34(47)43(28)2)32-31(37)24(11-12-39-32)23-5-4-6-25(30(23)36)26-9-7-20(33(41-26)49-3)14-38-15-22-8-10-29(46)40-22/h4-7,9,11-13,16,22,38,48H,8,10,14-15,17-19H2,1-3H3,(H,40,46)/t22-/m0/s1. The smallest absolute Gasteiger partial charge is 0.277 e. The van der Waals surface area contributed by atoms with Gasteiger partial charge in [-0.2, -0.15) is 5.10 Å². The Morgan fingerprint density at radius 1 is 1.10 bits per heavy atom. The zero-order chi connectivity index (χ0) is 34.4. The van der Waals surface area contributed by atoms with Crippen LogP contribution in [0.3, 0.4) is 0 Å². The molecule has 0 unspecified atom stereocenters. The average Bonchev–Trinajstić information content (AvgIpc) is 3.69. The van der Waals surface area contributed by atoms with E-state index in [0.29, 0.717) is 100 Å². The Kier molecular flexibility index (Phi) is 8.92. The van der Waals surface area contributed by atoms with Crippen LogP contribution >= 0.6 is 23.2 Å². The molecule has 14 heteroatoms. The van der Waals surface area contributed by atoms with Crippen molar-refractivity contribution in [3.63, 3.8) is 0 Å². The Morgan fingerprint density at radius 2 is 1.88 bits per heavy atom. The fourth-order valence-electron chi connectivity index (χ4n) is 6.60. The maximum atomic E-state index is 13.3. The predicted octanol–water partition coefficient (Wildman–Crippen LogP) is 4.07. The minimum atomic E-state index is -0.720. The first kappa shape index (κ1) is 33.2. The van der Waals surface area contributed by atoms with E-state index in [-0.39, 0.29) is 17.5 Å². The molecule has 7 rings (SSSR count). The summed E-state index contributed by atoms with van der Waals surface area (Å²) in [4.78, 5) is 36.2. The molecule has 1 aromatic carbocycles. The Labute approximate surface area is 292 Å². The van der Waals surface area contributed by atoms with Crippen LogP contribution in [0.25, 0.3) is 39.2 Å². The van der Waals surface area contributed by atoms with Gasteiger partial charge in [0.15, 0.2) is 0 Å². The number of aliphatic hydroxyl groups is 1. The highest BCUT2D eigenvalue weighted by Gasteiger charge is 2.37. The maximum Gasteiger partial charge on any atom is 0.277 e. The van der Waals surface area contributed by atoms with Crippen LogP contribution in [0.15, 0.2) is 59.7 Å². The van der Waals surface area contributed by atoms with Crippen LogP contribution in [0.5, 0.6) is 5.88 Å². The molecule has 0 bridgehead atoms. The Morgan fingerprint density at radius 3 is 2.61 bits per heavy atom. The van der Waals surface area contributed by atoms with Crippen LogP contribution in [-0.4, -0.2) is 78.4 Å². The Hall–Kier alpha value is -4.33. The molecule has 4 aromatic heterocycles. The average molecular weight is 704 g/mol. The number of methoxy groups -OCH3 is 1. The number of pyridine rings is 2. The fraction of sp³-hybridized carbons (Fsp3) is 0.343. The summed E-state index contributed by atoms with van der Waals surface area (Å²) in [6, 6.07) is 13.2. The molecule has 49 heavy (non-hydrogen) atoms. The van der Waals surface area contributed by atoms with Crippen molar-refractivity contribution in [3.05, 3.63) is 86.6 Å². The summed E-state index contributed by atoms with van der Waals surface area (Å²) in [5, 5.41) is 22.0. The molecule has 2 fully saturated rings. The number of carbonyl (C=O) groups excluding carboxylic acids is 1. The molecule has 2 aliphatic heterocycles. The minimum absolute atomic E-state index is 0.0890. The van der Waals surface area contributed by atoms with Crippen molar-refractivity contribution in [2.24, 2.45) is 7.05 Å². The number of rotatable bonds is 10. The number of ether oxygens (including phenoxy) is 1. The number of aromatic nitrogens is 5. The summed E-state index contributed by atoms with van der Waals surface area (Å²) < 4.78 is 8.73. The molecule has 0 spiro atoms. The number of β-amino-alcohol motifs (C(OH)–C–C–N with tert-alkyl or cyclic N) is 1. The van der Waals surface area contributed by atoms with Crippen molar-refractivity contribution < 1.29 is 14.6 Å². The maximum absolute atomic E-state index is 13.3. The molecule has 1 amide bonds. The predicted molar refractivity (Wildman–Crippen MR) is 188 cm³/mol. The van der Waals surface area contributed by atoms with Gasteiger partial charge in [0, 0.05) is 85.9 Å². The summed E-state index contributed by atoms with van der Waals surface area (Å²) in [5.74, 6) is 1.15. The van der Waals surface area contributed by atoms with Crippen LogP contribution in [-0.2, 0) is 24.9 Å². The van der Waals surface area contributed by atoms with Gasteiger partial charge in [-0.25, -0.2) is 9.50 Å². The fourth-order valence-corrected chi connectivity index (χ4v) is 7.25. The normalized spacial score (nSPS) is 17.3. The molecule has 0 aliphatic carbocycles. The largest absolute Gasteiger partial charge is 0.481 e. The SMILES string of the molecule is COc1nc(-c2cccc(-c3ccnc(-c4cc5c(=O)n(C)c(CN6CC(C)(O)C6)nn5c4)c3Cl)c2Cl)ccc1CNC[C@@H]1CCC(=O)N1. The second kappa shape index (κ2) is 13.2. The third kappa shape index (κ3) is 6.54. The Bertz CT molecular complexity index is 2140. The van der Waals surface area contributed by atoms with E-state index in [2.05, 4.69) is 15.6 Å². The number of amides is 1. The molecule has 1 atom stereocenters. The number of likely N-dealkylation sites (tertiary alicyclic amines) is 1. The summed E-state index contributed by atoms with van der Waals surface area (Å²) in [7, 11) is 3.28. The van der Waals surface area contributed by atoms with Crippen molar-refractivity contribution in [1.82, 2.24) is 39.7 Å². The van der Waals surface area contributed by atoms with Gasteiger partial charge in [0.2, 0.25) is 11.8 Å². The highest BCUT2D eigenvalue weighted by molar-refractivity contribution is 6.39. The molecule has 2 aliphatic rings. The zero-order valence-corrected chi connectivity index (χ0v) is 28.8. The lowest BCUT2D eigenvalue weighted by molar-refractivity contribution is -0.119. The van der Waals surface area contributed by atoms with Crippen LogP contribution in [0.1, 0.15) is 31.2 Å². The van der Waals surface area contributed by atoms with Crippen LogP contribution in [0.2, 0.25) is 10.0 Å². The number of hydrogen-bond acceptors (Lipinski definition) is 9. The van der Waals surface area contributed by atoms with Crippen molar-refractivity contribution in [1.29, 1.82) is 0 Å². The summed E-state index contributed by atoms with van der Waals surface area (Å²) in [6.45, 7) is 4.46. The van der Waals surface area contributed by atoms with Crippen molar-refractivity contribution in [3.8, 4) is 39.5 Å². The molecule has 5 aromatic rings. The lowest BCUT2D eigenvalue weighted by Crippen LogP contribution is -2.59. The molecule has 254 valence electrons. The summed E-state index contributed by atoms with van der Waals surface area (Å²) in [5.41, 5.74) is 4.20. The van der Waals surface area contributed by atoms with Gasteiger partial charge in [-0.1, -0.05) is 47.5 Å². The highest BCUT2D eigenvalue weighted by atomic mass is 35.5. The molecule has 3 N–H and O–H groups in total. The molecule has 0 saturated carbocycles. The van der Waals surface area contributed by atoms with Gasteiger partial charge in [-0.05, 0) is 31.5 Å². The number of benzene rings is 1.